The number of imide groups is 1. The predicted octanol–water partition coefficient (Wildman–Crippen LogP) is 3.05. The van der Waals surface area contributed by atoms with Gasteiger partial charge in [0.25, 0.3) is 17.1 Å². The summed E-state index contributed by atoms with van der Waals surface area (Å²) >= 11 is 0.905. The lowest BCUT2D eigenvalue weighted by Gasteiger charge is -2.12. The Labute approximate surface area is 148 Å². The maximum atomic E-state index is 12.4. The molecule has 0 saturated carbocycles. The summed E-state index contributed by atoms with van der Waals surface area (Å²) in [6.07, 6.45) is 3.10. The lowest BCUT2D eigenvalue weighted by atomic mass is 10.1. The lowest BCUT2D eigenvalue weighted by molar-refractivity contribution is -0.122. The Kier molecular flexibility index (Phi) is 5.04. The molecule has 2 heterocycles. The summed E-state index contributed by atoms with van der Waals surface area (Å²) in [5.74, 6) is -0.539. The number of furan rings is 1. The first-order valence-corrected chi connectivity index (χ1v) is 8.50. The predicted molar refractivity (Wildman–Crippen MR) is 94.9 cm³/mol. The Morgan fingerprint density at radius 1 is 1.24 bits per heavy atom. The summed E-state index contributed by atoms with van der Waals surface area (Å²) in [6, 6.07) is 10.8. The Morgan fingerprint density at radius 2 is 2.00 bits per heavy atom. The van der Waals surface area contributed by atoms with E-state index in [9.17, 15) is 14.4 Å². The van der Waals surface area contributed by atoms with E-state index in [1.165, 1.54) is 6.26 Å². The quantitative estimate of drug-likeness (QED) is 0.833. The van der Waals surface area contributed by atoms with Gasteiger partial charge >= 0.3 is 0 Å². The molecule has 2 aromatic rings. The molecule has 1 aliphatic rings. The van der Waals surface area contributed by atoms with Crippen LogP contribution in [0.3, 0.4) is 0 Å². The van der Waals surface area contributed by atoms with Crippen molar-refractivity contribution in [2.24, 2.45) is 0 Å². The fourth-order valence-corrected chi connectivity index (χ4v) is 3.15. The van der Waals surface area contributed by atoms with Crippen LogP contribution in [0.5, 0.6) is 0 Å². The van der Waals surface area contributed by atoms with Gasteiger partial charge in [0.15, 0.2) is 5.76 Å². The van der Waals surface area contributed by atoms with Crippen molar-refractivity contribution in [1.82, 2.24) is 10.2 Å². The van der Waals surface area contributed by atoms with Crippen molar-refractivity contribution in [2.45, 2.75) is 6.92 Å². The van der Waals surface area contributed by atoms with Gasteiger partial charge in [0.2, 0.25) is 0 Å². The van der Waals surface area contributed by atoms with E-state index in [0.717, 1.165) is 27.8 Å². The van der Waals surface area contributed by atoms with Gasteiger partial charge in [-0.2, -0.15) is 0 Å². The van der Waals surface area contributed by atoms with E-state index in [2.05, 4.69) is 5.32 Å². The van der Waals surface area contributed by atoms with Crippen LogP contribution in [-0.4, -0.2) is 35.0 Å². The van der Waals surface area contributed by atoms with Crippen LogP contribution in [0.1, 0.15) is 21.7 Å². The number of benzene rings is 1. The standard InChI is InChI=1S/C18H16N2O4S/c1-12-4-6-13(7-5-12)11-15-17(22)20(18(23)25-15)9-8-19-16(21)14-3-2-10-24-14/h2-7,10-11H,8-9H2,1H3,(H,19,21). The SMILES string of the molecule is Cc1ccc(C=C2SC(=O)N(CCNC(=O)c3ccco3)C2=O)cc1. The molecule has 1 N–H and O–H groups in total. The Bertz CT molecular complexity index is 825. The Morgan fingerprint density at radius 3 is 2.68 bits per heavy atom. The van der Waals surface area contributed by atoms with Crippen molar-refractivity contribution in [3.8, 4) is 0 Å². The van der Waals surface area contributed by atoms with Crippen LogP contribution in [0, 0.1) is 6.92 Å². The molecular formula is C18H16N2O4S. The van der Waals surface area contributed by atoms with Gasteiger partial charge in [-0.1, -0.05) is 29.8 Å². The van der Waals surface area contributed by atoms with Gasteiger partial charge in [0, 0.05) is 13.1 Å². The van der Waals surface area contributed by atoms with Crippen LogP contribution < -0.4 is 5.32 Å². The molecule has 6 nitrogen and oxygen atoms in total. The van der Waals surface area contributed by atoms with Crippen molar-refractivity contribution in [1.29, 1.82) is 0 Å². The van der Waals surface area contributed by atoms with E-state index < -0.39 is 0 Å². The second-order valence-electron chi connectivity index (χ2n) is 5.48. The van der Waals surface area contributed by atoms with Crippen LogP contribution in [0.15, 0.2) is 52.0 Å². The minimum absolute atomic E-state index is 0.113. The molecule has 0 unspecified atom stereocenters. The lowest BCUT2D eigenvalue weighted by Crippen LogP contribution is -2.37. The fourth-order valence-electron chi connectivity index (χ4n) is 2.28. The van der Waals surface area contributed by atoms with E-state index >= 15 is 0 Å². The molecule has 25 heavy (non-hydrogen) atoms. The summed E-state index contributed by atoms with van der Waals surface area (Å²) in [6.45, 7) is 2.26. The normalized spacial score (nSPS) is 15.9. The first-order chi connectivity index (χ1) is 12.0. The van der Waals surface area contributed by atoms with Crippen LogP contribution in [0.2, 0.25) is 0 Å². The zero-order chi connectivity index (χ0) is 17.8. The highest BCUT2D eigenvalue weighted by atomic mass is 32.2. The van der Waals surface area contributed by atoms with Crippen molar-refractivity contribution < 1.29 is 18.8 Å². The number of hydrogen-bond donors (Lipinski definition) is 1. The van der Waals surface area contributed by atoms with Gasteiger partial charge in [0.05, 0.1) is 11.2 Å². The van der Waals surface area contributed by atoms with Gasteiger partial charge in [-0.15, -0.1) is 0 Å². The Hall–Kier alpha value is -2.80. The highest BCUT2D eigenvalue weighted by molar-refractivity contribution is 8.18. The fraction of sp³-hybridized carbons (Fsp3) is 0.167. The third kappa shape index (κ3) is 4.00. The first-order valence-electron chi connectivity index (χ1n) is 7.68. The molecule has 3 amide bonds. The van der Waals surface area contributed by atoms with Crippen molar-refractivity contribution in [3.05, 3.63) is 64.5 Å². The second-order valence-corrected chi connectivity index (χ2v) is 6.47. The number of aryl methyl sites for hydroxylation is 1. The van der Waals surface area contributed by atoms with Crippen molar-refractivity contribution in [3.63, 3.8) is 0 Å². The maximum Gasteiger partial charge on any atom is 0.293 e. The van der Waals surface area contributed by atoms with Crippen molar-refractivity contribution >= 4 is 34.9 Å². The number of nitrogens with zero attached hydrogens (tertiary/aromatic N) is 1. The number of nitrogens with one attached hydrogen (secondary N) is 1. The summed E-state index contributed by atoms with van der Waals surface area (Å²) in [5, 5.41) is 2.28. The summed E-state index contributed by atoms with van der Waals surface area (Å²) < 4.78 is 4.98. The number of hydrogen-bond acceptors (Lipinski definition) is 5. The van der Waals surface area contributed by atoms with Crippen LogP contribution in [0.4, 0.5) is 4.79 Å². The van der Waals surface area contributed by atoms with E-state index in [-0.39, 0.29) is 35.9 Å². The van der Waals surface area contributed by atoms with Gasteiger partial charge < -0.3 is 9.73 Å². The molecule has 3 rings (SSSR count). The zero-order valence-electron chi connectivity index (χ0n) is 13.5. The van der Waals surface area contributed by atoms with E-state index in [0.29, 0.717) is 4.91 Å². The molecule has 1 aliphatic heterocycles. The third-order valence-corrected chi connectivity index (χ3v) is 4.52. The van der Waals surface area contributed by atoms with Crippen molar-refractivity contribution in [2.75, 3.05) is 13.1 Å². The number of carbonyl (C=O) groups is 3. The van der Waals surface area contributed by atoms with Crippen LogP contribution in [0.25, 0.3) is 6.08 Å². The average molecular weight is 356 g/mol. The molecule has 128 valence electrons. The molecule has 1 aromatic heterocycles. The first kappa shape index (κ1) is 17.0. The van der Waals surface area contributed by atoms with Gasteiger partial charge in [-0.3, -0.25) is 19.3 Å². The van der Waals surface area contributed by atoms with Crippen LogP contribution >= 0.6 is 11.8 Å². The van der Waals surface area contributed by atoms with E-state index in [1.54, 1.807) is 18.2 Å². The Balaban J connectivity index is 1.59. The molecular weight excluding hydrogens is 340 g/mol. The van der Waals surface area contributed by atoms with Gasteiger partial charge in [-0.25, -0.2) is 0 Å². The monoisotopic (exact) mass is 356 g/mol. The molecule has 0 radical (unpaired) electrons. The molecule has 1 saturated heterocycles. The average Bonchev–Trinajstić information content (AvgIpc) is 3.21. The minimum Gasteiger partial charge on any atom is -0.459 e. The number of thioether (sulfide) groups is 1. The zero-order valence-corrected chi connectivity index (χ0v) is 14.3. The highest BCUT2D eigenvalue weighted by Crippen LogP contribution is 2.31. The van der Waals surface area contributed by atoms with Gasteiger partial charge in [-0.05, 0) is 42.5 Å². The van der Waals surface area contributed by atoms with E-state index in [1.807, 2.05) is 31.2 Å². The van der Waals surface area contributed by atoms with E-state index in [4.69, 9.17) is 4.42 Å². The molecule has 1 fully saturated rings. The molecule has 7 heteroatoms. The van der Waals surface area contributed by atoms with Gasteiger partial charge in [0.1, 0.15) is 0 Å². The summed E-state index contributed by atoms with van der Waals surface area (Å²) in [4.78, 5) is 37.7. The molecule has 0 spiro atoms. The second kappa shape index (κ2) is 7.40. The topological polar surface area (TPSA) is 79.6 Å². The number of carbonyl (C=O) groups excluding carboxylic acids is 3. The number of rotatable bonds is 5. The molecule has 1 aromatic carbocycles. The third-order valence-electron chi connectivity index (χ3n) is 3.61. The summed E-state index contributed by atoms with van der Waals surface area (Å²) in [5.41, 5.74) is 1.99. The van der Waals surface area contributed by atoms with Crippen LogP contribution in [-0.2, 0) is 4.79 Å². The largest absolute Gasteiger partial charge is 0.459 e. The highest BCUT2D eigenvalue weighted by Gasteiger charge is 2.34. The maximum absolute atomic E-state index is 12.4. The summed E-state index contributed by atoms with van der Waals surface area (Å²) in [7, 11) is 0. The molecule has 0 aliphatic carbocycles. The molecule has 0 atom stereocenters. The smallest absolute Gasteiger partial charge is 0.293 e. The number of amides is 3. The minimum atomic E-state index is -0.382. The molecule has 0 bridgehead atoms.